The molecule has 9 heteroatoms. The molecule has 0 saturated carbocycles. The van der Waals surface area contributed by atoms with Crippen LogP contribution in [0.1, 0.15) is 53.4 Å². The minimum Gasteiger partial charge on any atom is -0.383 e. The molecule has 0 bridgehead atoms. The van der Waals surface area contributed by atoms with Crippen molar-refractivity contribution in [2.24, 2.45) is 5.73 Å². The predicted octanol–water partition coefficient (Wildman–Crippen LogP) is 4.14. The first-order valence-corrected chi connectivity index (χ1v) is 12.0. The normalized spacial score (nSPS) is 12.6. The fourth-order valence-corrected chi connectivity index (χ4v) is 4.63. The van der Waals surface area contributed by atoms with E-state index in [0.717, 1.165) is 24.0 Å². The van der Waals surface area contributed by atoms with Gasteiger partial charge in [-0.25, -0.2) is 4.68 Å². The first-order chi connectivity index (χ1) is 17.3. The minimum absolute atomic E-state index is 0.0286. The van der Waals surface area contributed by atoms with E-state index in [2.05, 4.69) is 27.7 Å². The fraction of sp³-hybridized carbons (Fsp3) is 0.259. The van der Waals surface area contributed by atoms with E-state index in [1.165, 1.54) is 17.5 Å². The van der Waals surface area contributed by atoms with Crippen LogP contribution in [0.25, 0.3) is 22.5 Å². The highest BCUT2D eigenvalue weighted by molar-refractivity contribution is 6.03. The lowest BCUT2D eigenvalue weighted by molar-refractivity contribution is -0.115. The minimum atomic E-state index is -0.635. The number of primary amides is 1. The number of hydrogen-bond acceptors (Lipinski definition) is 6. The zero-order valence-electron chi connectivity index (χ0n) is 20.2. The fourth-order valence-electron chi connectivity index (χ4n) is 4.63. The number of nitrogen functional groups attached to an aromatic ring is 1. The van der Waals surface area contributed by atoms with Crippen molar-refractivity contribution in [3.8, 4) is 22.5 Å². The molecule has 0 aliphatic heterocycles. The third-order valence-corrected chi connectivity index (χ3v) is 6.44. The van der Waals surface area contributed by atoms with Gasteiger partial charge in [0, 0.05) is 23.2 Å². The number of nitrogens with two attached hydrogens (primary N) is 2. The summed E-state index contributed by atoms with van der Waals surface area (Å²) in [5, 5.41) is 11.4. The summed E-state index contributed by atoms with van der Waals surface area (Å²) in [6.45, 7) is 3.84. The molecule has 0 saturated heterocycles. The van der Waals surface area contributed by atoms with Crippen molar-refractivity contribution in [1.29, 1.82) is 0 Å². The number of anilines is 2. The molecule has 1 aliphatic rings. The van der Waals surface area contributed by atoms with E-state index in [1.54, 1.807) is 35.0 Å². The Morgan fingerprint density at radius 1 is 1.06 bits per heavy atom. The lowest BCUT2D eigenvalue weighted by Crippen LogP contribution is -2.15. The number of benzene rings is 2. The van der Waals surface area contributed by atoms with Crippen LogP contribution < -0.4 is 16.8 Å². The van der Waals surface area contributed by atoms with Gasteiger partial charge < -0.3 is 16.0 Å². The largest absolute Gasteiger partial charge is 0.383 e. The van der Waals surface area contributed by atoms with Crippen LogP contribution in [0.3, 0.4) is 0 Å². The van der Waals surface area contributed by atoms with Crippen LogP contribution in [-0.4, -0.2) is 26.8 Å². The van der Waals surface area contributed by atoms with Crippen LogP contribution in [0.15, 0.2) is 53.1 Å². The Morgan fingerprint density at radius 2 is 1.78 bits per heavy atom. The Morgan fingerprint density at radius 3 is 2.50 bits per heavy atom. The van der Waals surface area contributed by atoms with Gasteiger partial charge in [-0.1, -0.05) is 41.6 Å². The lowest BCUT2D eigenvalue weighted by atomic mass is 10.0. The third-order valence-electron chi connectivity index (χ3n) is 6.44. The van der Waals surface area contributed by atoms with Crippen molar-refractivity contribution in [2.45, 2.75) is 45.6 Å². The Hall–Kier alpha value is -4.40. The predicted molar refractivity (Wildman–Crippen MR) is 137 cm³/mol. The molecule has 0 radical (unpaired) electrons. The molecule has 184 valence electrons. The van der Waals surface area contributed by atoms with E-state index in [9.17, 15) is 9.59 Å². The highest BCUT2D eigenvalue weighted by Crippen LogP contribution is 2.30. The molecule has 0 unspecified atom stereocenters. The van der Waals surface area contributed by atoms with Crippen molar-refractivity contribution >= 4 is 23.5 Å². The van der Waals surface area contributed by atoms with Gasteiger partial charge in [0.05, 0.1) is 6.42 Å². The Labute approximate surface area is 208 Å². The van der Waals surface area contributed by atoms with Gasteiger partial charge in [0.25, 0.3) is 5.91 Å². The number of carbonyl (C=O) groups is 2. The molecule has 2 aromatic carbocycles. The quantitative estimate of drug-likeness (QED) is 0.360. The van der Waals surface area contributed by atoms with E-state index >= 15 is 0 Å². The van der Waals surface area contributed by atoms with Crippen LogP contribution in [0, 0.1) is 0 Å². The van der Waals surface area contributed by atoms with Crippen LogP contribution in [0.5, 0.6) is 0 Å². The maximum Gasteiger partial charge on any atom is 0.254 e. The molecule has 9 nitrogen and oxygen atoms in total. The summed E-state index contributed by atoms with van der Waals surface area (Å²) in [5.41, 5.74) is 18.2. The number of rotatable bonds is 7. The van der Waals surface area contributed by atoms with Gasteiger partial charge in [-0.3, -0.25) is 14.9 Å². The molecule has 5 N–H and O–H groups in total. The SMILES string of the molecule is CC(C)n1nc(-c2ccc(CC(=O)Nc3cc(-c4ccc5c(c4)CCC5)no3)cc2)c(C(N)=O)c1N. The Kier molecular flexibility index (Phi) is 6.05. The van der Waals surface area contributed by atoms with Gasteiger partial charge in [-0.05, 0) is 55.9 Å². The van der Waals surface area contributed by atoms with Crippen LogP contribution in [-0.2, 0) is 24.1 Å². The maximum atomic E-state index is 12.6. The smallest absolute Gasteiger partial charge is 0.254 e. The zero-order valence-corrected chi connectivity index (χ0v) is 20.2. The van der Waals surface area contributed by atoms with E-state index in [4.69, 9.17) is 16.0 Å². The van der Waals surface area contributed by atoms with Crippen LogP contribution in [0.2, 0.25) is 0 Å². The number of nitrogens with zero attached hydrogens (tertiary/aromatic N) is 3. The summed E-state index contributed by atoms with van der Waals surface area (Å²) < 4.78 is 6.92. The monoisotopic (exact) mass is 484 g/mol. The van der Waals surface area contributed by atoms with Crippen molar-refractivity contribution in [3.05, 3.63) is 70.8 Å². The summed E-state index contributed by atoms with van der Waals surface area (Å²) in [7, 11) is 0. The number of hydrogen-bond donors (Lipinski definition) is 3. The average molecular weight is 485 g/mol. The van der Waals surface area contributed by atoms with Crippen molar-refractivity contribution in [3.63, 3.8) is 0 Å². The average Bonchev–Trinajstić information content (AvgIpc) is 3.57. The molecule has 4 aromatic rings. The molecular weight excluding hydrogens is 456 g/mol. The lowest BCUT2D eigenvalue weighted by Gasteiger charge is -2.07. The zero-order chi connectivity index (χ0) is 25.4. The Balaban J connectivity index is 1.27. The summed E-state index contributed by atoms with van der Waals surface area (Å²) in [6, 6.07) is 15.2. The van der Waals surface area contributed by atoms with E-state index < -0.39 is 5.91 Å². The van der Waals surface area contributed by atoms with Crippen molar-refractivity contribution in [1.82, 2.24) is 14.9 Å². The van der Waals surface area contributed by atoms with E-state index in [-0.39, 0.29) is 29.8 Å². The summed E-state index contributed by atoms with van der Waals surface area (Å²) in [6.07, 6.45) is 3.53. The second kappa shape index (κ2) is 9.33. The molecular formula is C27H28N6O3. The van der Waals surface area contributed by atoms with Gasteiger partial charge >= 0.3 is 0 Å². The standard InChI is InChI=1S/C27H28N6O3/c1-15(2)33-26(28)24(27(29)35)25(31-33)18-8-6-16(7-9-18)12-22(34)30-23-14-21(32-36-23)20-11-10-17-4-3-5-19(17)13-20/h6-11,13-15H,3-5,12,28H2,1-2H3,(H2,29,35)(H,30,34). The molecule has 36 heavy (non-hydrogen) atoms. The number of nitrogens with one attached hydrogen (secondary N) is 1. The summed E-state index contributed by atoms with van der Waals surface area (Å²) >= 11 is 0. The van der Waals surface area contributed by atoms with Crippen molar-refractivity contribution < 1.29 is 14.1 Å². The highest BCUT2D eigenvalue weighted by Gasteiger charge is 2.22. The second-order valence-corrected chi connectivity index (χ2v) is 9.35. The topological polar surface area (TPSA) is 142 Å². The van der Waals surface area contributed by atoms with Gasteiger partial charge in [0.2, 0.25) is 11.8 Å². The first-order valence-electron chi connectivity index (χ1n) is 12.0. The Bertz CT molecular complexity index is 1450. The van der Waals surface area contributed by atoms with Gasteiger partial charge in [-0.15, -0.1) is 0 Å². The van der Waals surface area contributed by atoms with Crippen LogP contribution in [0.4, 0.5) is 11.7 Å². The molecule has 2 heterocycles. The summed E-state index contributed by atoms with van der Waals surface area (Å²) in [4.78, 5) is 24.6. The molecule has 0 fully saturated rings. The molecule has 5 rings (SSSR count). The third kappa shape index (κ3) is 4.47. The molecule has 2 aromatic heterocycles. The van der Waals surface area contributed by atoms with Gasteiger partial charge in [0.1, 0.15) is 22.8 Å². The number of fused-ring (bicyclic) bond motifs is 1. The molecule has 1 aliphatic carbocycles. The van der Waals surface area contributed by atoms with Gasteiger partial charge in [-0.2, -0.15) is 5.10 Å². The molecule has 0 atom stereocenters. The highest BCUT2D eigenvalue weighted by atomic mass is 16.5. The van der Waals surface area contributed by atoms with Crippen molar-refractivity contribution in [2.75, 3.05) is 11.1 Å². The van der Waals surface area contributed by atoms with Crippen LogP contribution >= 0.6 is 0 Å². The first kappa shape index (κ1) is 23.3. The number of aryl methyl sites for hydroxylation is 2. The summed E-state index contributed by atoms with van der Waals surface area (Å²) in [5.74, 6) is -0.329. The number of carbonyl (C=O) groups excluding carboxylic acids is 2. The molecule has 0 spiro atoms. The number of aromatic nitrogens is 3. The van der Waals surface area contributed by atoms with Gasteiger partial charge in [0.15, 0.2) is 0 Å². The van der Waals surface area contributed by atoms with E-state index in [0.29, 0.717) is 22.8 Å². The second-order valence-electron chi connectivity index (χ2n) is 9.35. The maximum absolute atomic E-state index is 12.6. The molecule has 2 amide bonds. The van der Waals surface area contributed by atoms with E-state index in [1.807, 2.05) is 19.9 Å². The number of amides is 2.